The van der Waals surface area contributed by atoms with E-state index in [0.29, 0.717) is 30.8 Å². The second kappa shape index (κ2) is 8.93. The first-order valence-corrected chi connectivity index (χ1v) is 9.01. The quantitative estimate of drug-likeness (QED) is 0.678. The van der Waals surface area contributed by atoms with E-state index in [2.05, 4.69) is 5.10 Å². The Kier molecular flexibility index (Phi) is 6.84. The van der Waals surface area contributed by atoms with Crippen molar-refractivity contribution in [3.8, 4) is 5.69 Å². The van der Waals surface area contributed by atoms with E-state index in [1.807, 2.05) is 0 Å². The molecule has 0 aliphatic carbocycles. The summed E-state index contributed by atoms with van der Waals surface area (Å²) in [5.41, 5.74) is 5.89. The summed E-state index contributed by atoms with van der Waals surface area (Å²) in [6, 6.07) is 5.97. The lowest BCUT2D eigenvalue weighted by atomic mass is 10.1. The van der Waals surface area contributed by atoms with Crippen molar-refractivity contribution >= 4 is 12.3 Å². The maximum Gasteiger partial charge on any atom is 0.435 e. The Bertz CT molecular complexity index is 932. The number of nitrogens with zero attached hydrogens (tertiary/aromatic N) is 3. The maximum atomic E-state index is 13.6. The van der Waals surface area contributed by atoms with Gasteiger partial charge in [0.15, 0.2) is 5.69 Å². The zero-order valence-corrected chi connectivity index (χ0v) is 16.5. The summed E-state index contributed by atoms with van der Waals surface area (Å²) in [6.45, 7) is 5.37. The second-order valence-corrected chi connectivity index (χ2v) is 6.57. The summed E-state index contributed by atoms with van der Waals surface area (Å²) in [7, 11) is 0. The number of nitrogens with two attached hydrogens (primary N) is 1. The monoisotopic (exact) mass is 408 g/mol. The van der Waals surface area contributed by atoms with Crippen molar-refractivity contribution in [1.82, 2.24) is 14.7 Å². The van der Waals surface area contributed by atoms with Crippen LogP contribution in [0.3, 0.4) is 0 Å². The molecule has 2 rings (SSSR count). The largest absolute Gasteiger partial charge is 0.435 e. The molecular formula is C20H23F3N4O2. The van der Waals surface area contributed by atoms with Crippen molar-refractivity contribution in [1.29, 1.82) is 0 Å². The third-order valence-electron chi connectivity index (χ3n) is 4.71. The molecule has 0 aliphatic heterocycles. The molecule has 0 saturated heterocycles. The van der Waals surface area contributed by atoms with Gasteiger partial charge in [0.1, 0.15) is 0 Å². The van der Waals surface area contributed by atoms with E-state index < -0.39 is 17.8 Å². The minimum Gasteiger partial charge on any atom is -0.366 e. The molecule has 9 heteroatoms. The standard InChI is InChI=1S/C20H23F3N4O2/c1-4-13(2)26(12-28)10-6-9-17-14(3)27(25-18(17)20(21,22)23)16-8-5-7-15(11-16)19(24)29/h4-5,7-8,11-12H,6,9-10H2,1-3H3,(H2,24,29)/b13-4+. The van der Waals surface area contributed by atoms with Gasteiger partial charge in [-0.25, -0.2) is 4.68 Å². The second-order valence-electron chi connectivity index (χ2n) is 6.57. The normalized spacial score (nSPS) is 12.1. The molecule has 29 heavy (non-hydrogen) atoms. The molecule has 1 heterocycles. The number of hydrogen-bond donors (Lipinski definition) is 1. The molecule has 6 nitrogen and oxygen atoms in total. The number of carbonyl (C=O) groups excluding carboxylic acids is 2. The van der Waals surface area contributed by atoms with Crippen molar-refractivity contribution in [2.75, 3.05) is 6.54 Å². The number of halogens is 3. The number of benzene rings is 1. The highest BCUT2D eigenvalue weighted by Gasteiger charge is 2.38. The fourth-order valence-corrected chi connectivity index (χ4v) is 3.01. The van der Waals surface area contributed by atoms with Crippen LogP contribution in [0.15, 0.2) is 36.0 Å². The Balaban J connectivity index is 2.38. The minimum atomic E-state index is -4.63. The Morgan fingerprint density at radius 1 is 1.34 bits per heavy atom. The Hall–Kier alpha value is -3.10. The van der Waals surface area contributed by atoms with Crippen LogP contribution in [0.2, 0.25) is 0 Å². The van der Waals surface area contributed by atoms with Crippen molar-refractivity contribution < 1.29 is 22.8 Å². The Labute approximate surface area is 166 Å². The average Bonchev–Trinajstić information content (AvgIpc) is 3.01. The summed E-state index contributed by atoms with van der Waals surface area (Å²) in [5, 5.41) is 3.77. The molecule has 0 bridgehead atoms. The number of amides is 2. The van der Waals surface area contributed by atoms with Crippen molar-refractivity contribution in [2.24, 2.45) is 5.73 Å². The highest BCUT2D eigenvalue weighted by atomic mass is 19.4. The van der Waals surface area contributed by atoms with E-state index >= 15 is 0 Å². The van der Waals surface area contributed by atoms with Gasteiger partial charge in [-0.3, -0.25) is 9.59 Å². The summed E-state index contributed by atoms with van der Waals surface area (Å²) in [4.78, 5) is 24.0. The molecule has 2 N–H and O–H groups in total. The van der Waals surface area contributed by atoms with Gasteiger partial charge in [-0.2, -0.15) is 18.3 Å². The number of hydrogen-bond acceptors (Lipinski definition) is 3. The molecule has 1 aromatic carbocycles. The SMILES string of the molecule is C/C=C(\C)N(C=O)CCCc1c(C(F)(F)F)nn(-c2cccc(C(N)=O)c2)c1C. The molecule has 1 aromatic heterocycles. The van der Waals surface area contributed by atoms with Crippen LogP contribution < -0.4 is 5.73 Å². The van der Waals surface area contributed by atoms with Crippen molar-refractivity contribution in [2.45, 2.75) is 39.8 Å². The summed E-state index contributed by atoms with van der Waals surface area (Å²) < 4.78 is 41.9. The zero-order valence-electron chi connectivity index (χ0n) is 16.5. The van der Waals surface area contributed by atoms with Crippen LogP contribution >= 0.6 is 0 Å². The van der Waals surface area contributed by atoms with E-state index in [0.717, 1.165) is 5.70 Å². The average molecular weight is 408 g/mol. The maximum absolute atomic E-state index is 13.6. The highest BCUT2D eigenvalue weighted by Crippen LogP contribution is 2.34. The predicted octanol–water partition coefficient (Wildman–Crippen LogP) is 3.61. The van der Waals surface area contributed by atoms with Crippen LogP contribution in [-0.4, -0.2) is 33.5 Å². The Morgan fingerprint density at radius 2 is 2.03 bits per heavy atom. The fraction of sp³-hybridized carbons (Fsp3) is 0.350. The topological polar surface area (TPSA) is 81.2 Å². The van der Waals surface area contributed by atoms with Crippen LogP contribution in [0.1, 0.15) is 47.6 Å². The first-order chi connectivity index (χ1) is 13.6. The van der Waals surface area contributed by atoms with E-state index in [-0.39, 0.29) is 17.5 Å². The van der Waals surface area contributed by atoms with Gasteiger partial charge in [0.2, 0.25) is 12.3 Å². The van der Waals surface area contributed by atoms with Crippen LogP contribution in [0.5, 0.6) is 0 Å². The number of rotatable bonds is 8. The lowest BCUT2D eigenvalue weighted by Gasteiger charge is -2.17. The van der Waals surface area contributed by atoms with E-state index in [4.69, 9.17) is 5.73 Å². The molecule has 0 atom stereocenters. The molecule has 0 fully saturated rings. The molecule has 2 amide bonds. The van der Waals surface area contributed by atoms with Gasteiger partial charge in [0, 0.05) is 29.1 Å². The lowest BCUT2D eigenvalue weighted by molar-refractivity contribution is -0.142. The van der Waals surface area contributed by atoms with Crippen LogP contribution in [0, 0.1) is 6.92 Å². The van der Waals surface area contributed by atoms with Gasteiger partial charge < -0.3 is 10.6 Å². The van der Waals surface area contributed by atoms with E-state index in [1.54, 1.807) is 32.9 Å². The molecule has 0 spiro atoms. The van der Waals surface area contributed by atoms with Crippen LogP contribution in [0.25, 0.3) is 5.69 Å². The third-order valence-corrected chi connectivity index (χ3v) is 4.71. The molecular weight excluding hydrogens is 385 g/mol. The number of alkyl halides is 3. The number of carbonyl (C=O) groups is 2. The smallest absolute Gasteiger partial charge is 0.366 e. The van der Waals surface area contributed by atoms with Gasteiger partial charge in [-0.15, -0.1) is 0 Å². The number of allylic oxidation sites excluding steroid dienone is 2. The molecule has 156 valence electrons. The highest BCUT2D eigenvalue weighted by molar-refractivity contribution is 5.93. The number of primary amides is 1. The van der Waals surface area contributed by atoms with Gasteiger partial charge >= 0.3 is 6.18 Å². The molecule has 0 unspecified atom stereocenters. The van der Waals surface area contributed by atoms with Crippen molar-refractivity contribution in [3.05, 3.63) is 58.6 Å². The fourth-order valence-electron chi connectivity index (χ4n) is 3.01. The summed E-state index contributed by atoms with van der Waals surface area (Å²) >= 11 is 0. The number of aromatic nitrogens is 2. The van der Waals surface area contributed by atoms with E-state index in [1.165, 1.54) is 27.8 Å². The molecule has 0 radical (unpaired) electrons. The third kappa shape index (κ3) is 5.04. The first-order valence-electron chi connectivity index (χ1n) is 9.01. The minimum absolute atomic E-state index is 0.0611. The summed E-state index contributed by atoms with van der Waals surface area (Å²) in [5.74, 6) is -0.679. The summed E-state index contributed by atoms with van der Waals surface area (Å²) in [6.07, 6.45) is -1.79. The Morgan fingerprint density at radius 3 is 2.59 bits per heavy atom. The van der Waals surface area contributed by atoms with Crippen LogP contribution in [0.4, 0.5) is 13.2 Å². The van der Waals surface area contributed by atoms with Gasteiger partial charge in [-0.1, -0.05) is 12.1 Å². The molecule has 2 aromatic rings. The molecule has 0 aliphatic rings. The van der Waals surface area contributed by atoms with Gasteiger partial charge in [0.25, 0.3) is 0 Å². The molecule has 0 saturated carbocycles. The van der Waals surface area contributed by atoms with Gasteiger partial charge in [-0.05, 0) is 51.8 Å². The zero-order chi connectivity index (χ0) is 21.8. The lowest BCUT2D eigenvalue weighted by Crippen LogP contribution is -2.21. The van der Waals surface area contributed by atoms with Crippen molar-refractivity contribution in [3.63, 3.8) is 0 Å². The predicted molar refractivity (Wildman–Crippen MR) is 102 cm³/mol. The van der Waals surface area contributed by atoms with Gasteiger partial charge in [0.05, 0.1) is 5.69 Å². The first kappa shape index (κ1) is 22.2. The van der Waals surface area contributed by atoms with E-state index in [9.17, 15) is 22.8 Å². The van der Waals surface area contributed by atoms with Crippen LogP contribution in [-0.2, 0) is 17.4 Å².